The molecule has 1 unspecified atom stereocenters. The fraction of sp³-hybridized carbons (Fsp3) is 0.647. The predicted molar refractivity (Wildman–Crippen MR) is 90.0 cm³/mol. The lowest BCUT2D eigenvalue weighted by Crippen LogP contribution is -2.31. The maximum absolute atomic E-state index is 11.1. The Morgan fingerprint density at radius 1 is 1.25 bits per heavy atom. The lowest BCUT2D eigenvalue weighted by Gasteiger charge is -2.27. The molecule has 0 aromatic heterocycles. The molecule has 0 N–H and O–H groups in total. The molecule has 1 aliphatic heterocycles. The Morgan fingerprint density at radius 3 is 2.71 bits per heavy atom. The second-order valence-corrected chi connectivity index (χ2v) is 7.51. The third kappa shape index (κ3) is 8.21. The summed E-state index contributed by atoms with van der Waals surface area (Å²) < 4.78 is 44.2. The number of rotatable bonds is 10. The molecule has 0 aliphatic carbocycles. The first kappa shape index (κ1) is 19.3. The van der Waals surface area contributed by atoms with Crippen LogP contribution in [-0.2, 0) is 35.1 Å². The molecule has 2 rings (SSSR count). The van der Waals surface area contributed by atoms with E-state index in [-0.39, 0.29) is 19.0 Å². The van der Waals surface area contributed by atoms with Crippen LogP contribution in [0.1, 0.15) is 31.2 Å². The summed E-state index contributed by atoms with van der Waals surface area (Å²) in [6, 6.07) is 9.86. The zero-order valence-electron chi connectivity index (χ0n) is 14.1. The Kier molecular flexibility index (Phi) is 8.14. The van der Waals surface area contributed by atoms with E-state index in [1.807, 2.05) is 30.3 Å². The second kappa shape index (κ2) is 10.1. The van der Waals surface area contributed by atoms with Crippen LogP contribution in [0.25, 0.3) is 0 Å². The Labute approximate surface area is 144 Å². The van der Waals surface area contributed by atoms with Gasteiger partial charge in [0.1, 0.15) is 0 Å². The summed E-state index contributed by atoms with van der Waals surface area (Å²) >= 11 is 0. The van der Waals surface area contributed by atoms with Crippen molar-refractivity contribution in [3.05, 3.63) is 35.9 Å². The molecule has 1 fully saturated rings. The van der Waals surface area contributed by atoms with Crippen LogP contribution in [0, 0.1) is 0 Å². The van der Waals surface area contributed by atoms with Crippen LogP contribution in [0.2, 0.25) is 0 Å². The fourth-order valence-corrected chi connectivity index (χ4v) is 2.84. The minimum Gasteiger partial charge on any atom is -0.374 e. The van der Waals surface area contributed by atoms with Crippen molar-refractivity contribution in [2.75, 3.05) is 26.1 Å². The highest BCUT2D eigenvalue weighted by molar-refractivity contribution is 7.85. The van der Waals surface area contributed by atoms with Gasteiger partial charge in [-0.05, 0) is 24.8 Å². The maximum Gasteiger partial charge on any atom is 0.264 e. The molecule has 1 aromatic rings. The van der Waals surface area contributed by atoms with Crippen molar-refractivity contribution in [2.45, 2.75) is 44.7 Å². The second-order valence-electron chi connectivity index (χ2n) is 5.87. The highest BCUT2D eigenvalue weighted by Gasteiger charge is 2.20. The van der Waals surface area contributed by atoms with Crippen molar-refractivity contribution in [1.82, 2.24) is 0 Å². The van der Waals surface area contributed by atoms with Crippen molar-refractivity contribution in [3.8, 4) is 0 Å². The van der Waals surface area contributed by atoms with E-state index in [0.717, 1.165) is 31.1 Å². The van der Waals surface area contributed by atoms with Gasteiger partial charge in [0.25, 0.3) is 10.1 Å². The number of ether oxygens (including phenoxy) is 3. The highest BCUT2D eigenvalue weighted by Crippen LogP contribution is 2.17. The fourth-order valence-electron chi connectivity index (χ4n) is 2.44. The molecule has 6 nitrogen and oxygen atoms in total. The monoisotopic (exact) mass is 358 g/mol. The van der Waals surface area contributed by atoms with Gasteiger partial charge in [0.05, 0.1) is 32.2 Å². The van der Waals surface area contributed by atoms with Crippen LogP contribution in [0.4, 0.5) is 0 Å². The van der Waals surface area contributed by atoms with Gasteiger partial charge >= 0.3 is 0 Å². The van der Waals surface area contributed by atoms with Crippen molar-refractivity contribution < 1.29 is 26.8 Å². The van der Waals surface area contributed by atoms with Gasteiger partial charge in [0.2, 0.25) is 0 Å². The Bertz CT molecular complexity index is 554. The Morgan fingerprint density at radius 2 is 2.04 bits per heavy atom. The summed E-state index contributed by atoms with van der Waals surface area (Å²) in [6.07, 6.45) is 3.93. The van der Waals surface area contributed by atoms with E-state index in [9.17, 15) is 8.42 Å². The average molecular weight is 358 g/mol. The molecule has 1 aromatic carbocycles. The zero-order chi connectivity index (χ0) is 17.3. The highest BCUT2D eigenvalue weighted by atomic mass is 32.2. The molecule has 136 valence electrons. The average Bonchev–Trinajstić information content (AvgIpc) is 2.55. The molecular formula is C17H26O6S. The lowest BCUT2D eigenvalue weighted by atomic mass is 10.2. The Balaban J connectivity index is 1.78. The first-order valence-corrected chi connectivity index (χ1v) is 10.1. The van der Waals surface area contributed by atoms with Gasteiger partial charge in [-0.1, -0.05) is 30.3 Å². The van der Waals surface area contributed by atoms with Gasteiger partial charge in [-0.2, -0.15) is 8.42 Å². The Hall–Kier alpha value is -0.990. The lowest BCUT2D eigenvalue weighted by molar-refractivity contribution is -0.200. The molecule has 0 amide bonds. The third-order valence-corrected chi connectivity index (χ3v) is 4.23. The van der Waals surface area contributed by atoms with E-state index in [4.69, 9.17) is 18.4 Å². The van der Waals surface area contributed by atoms with E-state index < -0.39 is 10.1 Å². The van der Waals surface area contributed by atoms with E-state index in [1.54, 1.807) is 0 Å². The summed E-state index contributed by atoms with van der Waals surface area (Å²) in [6.45, 7) is 1.62. The molecule has 0 radical (unpaired) electrons. The molecule has 2 atom stereocenters. The summed E-state index contributed by atoms with van der Waals surface area (Å²) in [5.41, 5.74) is 1.08. The summed E-state index contributed by atoms with van der Waals surface area (Å²) in [7, 11) is -3.44. The molecule has 1 saturated heterocycles. The zero-order valence-corrected chi connectivity index (χ0v) is 14.9. The van der Waals surface area contributed by atoms with Gasteiger partial charge in [0.15, 0.2) is 6.29 Å². The summed E-state index contributed by atoms with van der Waals surface area (Å²) in [5, 5.41) is 0. The normalized spacial score (nSPS) is 20.0. The topological polar surface area (TPSA) is 71.1 Å². The summed E-state index contributed by atoms with van der Waals surface area (Å²) in [5.74, 6) is 0. The van der Waals surface area contributed by atoms with Crippen LogP contribution < -0.4 is 0 Å². The predicted octanol–water partition coefficient (Wildman–Crippen LogP) is 2.48. The number of benzene rings is 1. The largest absolute Gasteiger partial charge is 0.374 e. The van der Waals surface area contributed by atoms with Crippen molar-refractivity contribution in [2.24, 2.45) is 0 Å². The first-order chi connectivity index (χ1) is 11.5. The smallest absolute Gasteiger partial charge is 0.264 e. The number of hydrogen-bond acceptors (Lipinski definition) is 6. The van der Waals surface area contributed by atoms with Gasteiger partial charge in [-0.15, -0.1) is 0 Å². The molecule has 24 heavy (non-hydrogen) atoms. The minimum absolute atomic E-state index is 0.0743. The van der Waals surface area contributed by atoms with Crippen LogP contribution in [-0.4, -0.2) is 46.9 Å². The van der Waals surface area contributed by atoms with Gasteiger partial charge in [0, 0.05) is 13.0 Å². The van der Waals surface area contributed by atoms with Crippen molar-refractivity contribution >= 4 is 10.1 Å². The standard InChI is InChI=1S/C17H26O6S/c1-24(18,19)22-12-10-16(23-17-9-5-6-11-21-17)14-20-13-15-7-3-2-4-8-15/h2-4,7-8,16-17H,5-6,9-14H2,1H3/t16-,17?/m0/s1. The van der Waals surface area contributed by atoms with E-state index in [2.05, 4.69) is 0 Å². The quantitative estimate of drug-likeness (QED) is 0.599. The number of hydrogen-bond donors (Lipinski definition) is 0. The molecule has 7 heteroatoms. The van der Waals surface area contributed by atoms with E-state index in [0.29, 0.717) is 26.2 Å². The molecule has 1 aliphatic rings. The van der Waals surface area contributed by atoms with Gasteiger partial charge in [-0.3, -0.25) is 4.18 Å². The van der Waals surface area contributed by atoms with E-state index >= 15 is 0 Å². The van der Waals surface area contributed by atoms with Gasteiger partial charge < -0.3 is 14.2 Å². The molecular weight excluding hydrogens is 332 g/mol. The SMILES string of the molecule is CS(=O)(=O)OCC[C@@H](COCc1ccccc1)OC1CCCCO1. The first-order valence-electron chi connectivity index (χ1n) is 8.26. The van der Waals surface area contributed by atoms with Crippen LogP contribution >= 0.6 is 0 Å². The van der Waals surface area contributed by atoms with Crippen molar-refractivity contribution in [1.29, 1.82) is 0 Å². The third-order valence-electron chi connectivity index (χ3n) is 3.63. The van der Waals surface area contributed by atoms with Crippen LogP contribution in [0.3, 0.4) is 0 Å². The molecule has 1 heterocycles. The van der Waals surface area contributed by atoms with Crippen LogP contribution in [0.15, 0.2) is 30.3 Å². The van der Waals surface area contributed by atoms with E-state index in [1.165, 1.54) is 0 Å². The maximum atomic E-state index is 11.1. The van der Waals surface area contributed by atoms with Crippen molar-refractivity contribution in [3.63, 3.8) is 0 Å². The molecule has 0 spiro atoms. The summed E-state index contributed by atoms with van der Waals surface area (Å²) in [4.78, 5) is 0. The molecule has 0 saturated carbocycles. The van der Waals surface area contributed by atoms with Gasteiger partial charge in [-0.25, -0.2) is 0 Å². The minimum atomic E-state index is -3.44. The molecule has 0 bridgehead atoms. The van der Waals surface area contributed by atoms with Crippen LogP contribution in [0.5, 0.6) is 0 Å².